The summed E-state index contributed by atoms with van der Waals surface area (Å²) in [4.78, 5) is 38.9. The van der Waals surface area contributed by atoms with Crippen LogP contribution in [-0.2, 0) is 11.3 Å². The summed E-state index contributed by atoms with van der Waals surface area (Å²) in [6, 6.07) is 14.1. The molecule has 0 spiro atoms. The third-order valence-electron chi connectivity index (χ3n) is 8.64. The molecular formula is C29H30N2O5. The molecule has 2 aromatic carbocycles. The highest BCUT2D eigenvalue weighted by Crippen LogP contribution is 2.60. The van der Waals surface area contributed by atoms with E-state index in [0.717, 1.165) is 24.8 Å². The third kappa shape index (κ3) is 3.77. The van der Waals surface area contributed by atoms with Crippen LogP contribution in [0.15, 0.2) is 53.3 Å². The minimum atomic E-state index is -1.28. The Labute approximate surface area is 209 Å². The minimum Gasteiger partial charge on any atom is -0.497 e. The first-order chi connectivity index (χ1) is 17.3. The van der Waals surface area contributed by atoms with Gasteiger partial charge in [-0.2, -0.15) is 0 Å². The molecule has 0 atom stereocenters. The molecule has 4 aliphatic carbocycles. The number of hydrogen-bond acceptors (Lipinski definition) is 4. The molecule has 1 aromatic heterocycles. The summed E-state index contributed by atoms with van der Waals surface area (Å²) in [7, 11) is 1.59. The van der Waals surface area contributed by atoms with Crippen molar-refractivity contribution in [3.05, 3.63) is 70.0 Å². The van der Waals surface area contributed by atoms with Crippen molar-refractivity contribution in [2.75, 3.05) is 12.4 Å². The number of ether oxygens (including phenoxy) is 1. The Morgan fingerprint density at radius 2 is 1.67 bits per heavy atom. The van der Waals surface area contributed by atoms with Gasteiger partial charge in [0.25, 0.3) is 5.56 Å². The molecule has 4 fully saturated rings. The van der Waals surface area contributed by atoms with E-state index in [9.17, 15) is 19.5 Å². The minimum absolute atomic E-state index is 0.0406. The molecule has 7 heteroatoms. The molecule has 0 radical (unpaired) electrons. The Kier molecular flexibility index (Phi) is 5.39. The van der Waals surface area contributed by atoms with Crippen molar-refractivity contribution in [1.29, 1.82) is 0 Å². The molecule has 3 aromatic rings. The molecule has 7 nitrogen and oxygen atoms in total. The number of aromatic carboxylic acids is 1. The first kappa shape index (κ1) is 22.8. The van der Waals surface area contributed by atoms with Crippen LogP contribution in [0.3, 0.4) is 0 Å². The van der Waals surface area contributed by atoms with Gasteiger partial charge in [-0.05, 0) is 92.2 Å². The maximum atomic E-state index is 13.7. The quantitative estimate of drug-likeness (QED) is 0.516. The highest BCUT2D eigenvalue weighted by Gasteiger charge is 2.54. The van der Waals surface area contributed by atoms with Crippen LogP contribution in [-0.4, -0.2) is 28.7 Å². The van der Waals surface area contributed by atoms with Crippen molar-refractivity contribution in [2.24, 2.45) is 23.2 Å². The van der Waals surface area contributed by atoms with Crippen LogP contribution in [0, 0.1) is 23.2 Å². The number of pyridine rings is 1. The molecule has 4 aliphatic rings. The van der Waals surface area contributed by atoms with Crippen LogP contribution in [0.1, 0.15) is 54.4 Å². The zero-order valence-electron chi connectivity index (χ0n) is 20.3. The van der Waals surface area contributed by atoms with E-state index in [1.54, 1.807) is 31.4 Å². The number of anilines is 1. The van der Waals surface area contributed by atoms with E-state index in [1.807, 2.05) is 18.2 Å². The summed E-state index contributed by atoms with van der Waals surface area (Å²) in [5.41, 5.74) is 0.764. The lowest BCUT2D eigenvalue weighted by Crippen LogP contribution is -2.51. The molecule has 4 saturated carbocycles. The van der Waals surface area contributed by atoms with E-state index in [0.29, 0.717) is 40.1 Å². The number of rotatable bonds is 6. The van der Waals surface area contributed by atoms with Crippen LogP contribution >= 0.6 is 0 Å². The van der Waals surface area contributed by atoms with Crippen molar-refractivity contribution in [3.8, 4) is 5.75 Å². The van der Waals surface area contributed by atoms with Crippen LogP contribution in [0.4, 0.5) is 5.69 Å². The second kappa shape index (κ2) is 8.50. The normalized spacial score (nSPS) is 26.2. The van der Waals surface area contributed by atoms with Gasteiger partial charge in [0.15, 0.2) is 0 Å². The molecule has 2 N–H and O–H groups in total. The number of nitrogens with one attached hydrogen (secondary N) is 1. The number of carbonyl (C=O) groups is 2. The van der Waals surface area contributed by atoms with E-state index in [2.05, 4.69) is 5.32 Å². The lowest BCUT2D eigenvalue weighted by Gasteiger charge is -2.55. The second-order valence-electron chi connectivity index (χ2n) is 11.0. The van der Waals surface area contributed by atoms with Crippen molar-refractivity contribution in [3.63, 3.8) is 0 Å². The maximum absolute atomic E-state index is 13.7. The highest BCUT2D eigenvalue weighted by atomic mass is 16.5. The molecule has 0 unspecified atom stereocenters. The van der Waals surface area contributed by atoms with Gasteiger partial charge in [0, 0.05) is 5.39 Å². The average molecular weight is 487 g/mol. The van der Waals surface area contributed by atoms with Crippen molar-refractivity contribution in [2.45, 2.75) is 45.1 Å². The number of nitrogens with zero attached hydrogens (tertiary/aromatic N) is 1. The predicted molar refractivity (Wildman–Crippen MR) is 136 cm³/mol. The first-order valence-corrected chi connectivity index (χ1v) is 12.7. The summed E-state index contributed by atoms with van der Waals surface area (Å²) in [5, 5.41) is 13.5. The summed E-state index contributed by atoms with van der Waals surface area (Å²) in [6.07, 6.45) is 6.58. The van der Waals surface area contributed by atoms with Gasteiger partial charge in [-0.15, -0.1) is 0 Å². The third-order valence-corrected chi connectivity index (χ3v) is 8.64. The number of methoxy groups -OCH3 is 1. The Morgan fingerprint density at radius 3 is 2.25 bits per heavy atom. The smallest absolute Gasteiger partial charge is 0.341 e. The Morgan fingerprint density at radius 1 is 1.03 bits per heavy atom. The summed E-state index contributed by atoms with van der Waals surface area (Å²) in [5.74, 6) is 1.38. The molecule has 1 heterocycles. The van der Waals surface area contributed by atoms with Crippen LogP contribution < -0.4 is 15.6 Å². The molecule has 0 aliphatic heterocycles. The molecule has 4 bridgehead atoms. The van der Waals surface area contributed by atoms with Gasteiger partial charge in [-0.3, -0.25) is 9.59 Å². The number of carboxylic acid groups (broad SMARTS) is 1. The SMILES string of the molecule is COc1ccc(Cn2c(=O)c(C(=O)O)cc3c(NC(=O)C45CC6CC(CC(C6)C4)C5)cccc32)cc1. The molecule has 7 rings (SSSR count). The Bertz CT molecular complexity index is 1390. The number of aromatic nitrogens is 1. The van der Waals surface area contributed by atoms with E-state index in [1.165, 1.54) is 29.9 Å². The Hall–Kier alpha value is -3.61. The van der Waals surface area contributed by atoms with Gasteiger partial charge in [-0.1, -0.05) is 18.2 Å². The summed E-state index contributed by atoms with van der Waals surface area (Å²) < 4.78 is 6.69. The van der Waals surface area contributed by atoms with Crippen molar-refractivity contribution < 1.29 is 19.4 Å². The van der Waals surface area contributed by atoms with Crippen LogP contribution in [0.5, 0.6) is 5.75 Å². The topological polar surface area (TPSA) is 97.6 Å². The van der Waals surface area contributed by atoms with Crippen molar-refractivity contribution >= 4 is 28.5 Å². The standard InChI is InChI=1S/C29H30N2O5/c1-36-21-7-5-17(6-8-21)16-31-25-4-2-3-24(22(25)12-23(26(31)32)27(33)34)30-28(35)29-13-18-9-19(14-29)11-20(10-18)15-29/h2-8,12,18-20H,9-11,13-16H2,1H3,(H,30,35)(H,33,34). The number of benzene rings is 2. The molecule has 1 amide bonds. The van der Waals surface area contributed by atoms with Gasteiger partial charge < -0.3 is 19.7 Å². The van der Waals surface area contributed by atoms with E-state index < -0.39 is 11.5 Å². The number of carbonyl (C=O) groups excluding carboxylic acids is 1. The molecule has 0 saturated heterocycles. The summed E-state index contributed by atoms with van der Waals surface area (Å²) in [6.45, 7) is 0.201. The van der Waals surface area contributed by atoms with Crippen LogP contribution in [0.25, 0.3) is 10.9 Å². The fourth-order valence-electron chi connectivity index (χ4n) is 7.38. The average Bonchev–Trinajstić information content (AvgIpc) is 2.85. The highest BCUT2D eigenvalue weighted by molar-refractivity contribution is 6.05. The molecular weight excluding hydrogens is 456 g/mol. The fraction of sp³-hybridized carbons (Fsp3) is 0.414. The zero-order valence-corrected chi connectivity index (χ0v) is 20.3. The molecule has 186 valence electrons. The fourth-order valence-corrected chi connectivity index (χ4v) is 7.38. The number of carboxylic acids is 1. The number of hydrogen-bond donors (Lipinski definition) is 2. The van der Waals surface area contributed by atoms with Gasteiger partial charge in [0.1, 0.15) is 11.3 Å². The van der Waals surface area contributed by atoms with E-state index in [-0.39, 0.29) is 23.4 Å². The monoisotopic (exact) mass is 486 g/mol. The van der Waals surface area contributed by atoms with Gasteiger partial charge >= 0.3 is 5.97 Å². The van der Waals surface area contributed by atoms with Gasteiger partial charge in [0.05, 0.1) is 30.3 Å². The second-order valence-corrected chi connectivity index (χ2v) is 11.0. The lowest BCUT2D eigenvalue weighted by atomic mass is 9.49. The molecule has 36 heavy (non-hydrogen) atoms. The number of amides is 1. The lowest BCUT2D eigenvalue weighted by molar-refractivity contribution is -0.140. The first-order valence-electron chi connectivity index (χ1n) is 12.7. The Balaban J connectivity index is 1.40. The van der Waals surface area contributed by atoms with Crippen molar-refractivity contribution in [1.82, 2.24) is 4.57 Å². The largest absolute Gasteiger partial charge is 0.497 e. The maximum Gasteiger partial charge on any atom is 0.341 e. The zero-order chi connectivity index (χ0) is 25.0. The van der Waals surface area contributed by atoms with E-state index >= 15 is 0 Å². The number of fused-ring (bicyclic) bond motifs is 1. The summed E-state index contributed by atoms with van der Waals surface area (Å²) >= 11 is 0. The van der Waals surface area contributed by atoms with Crippen LogP contribution in [0.2, 0.25) is 0 Å². The van der Waals surface area contributed by atoms with E-state index in [4.69, 9.17) is 4.74 Å². The van der Waals surface area contributed by atoms with Gasteiger partial charge in [0.2, 0.25) is 5.91 Å². The predicted octanol–water partition coefficient (Wildman–Crippen LogP) is 4.91. The van der Waals surface area contributed by atoms with Gasteiger partial charge in [-0.25, -0.2) is 4.79 Å².